The molecule has 1 aromatic carbocycles. The number of halogens is 1. The van der Waals surface area contributed by atoms with Crippen LogP contribution in [0, 0.1) is 5.92 Å². The summed E-state index contributed by atoms with van der Waals surface area (Å²) in [6.07, 6.45) is 7.89. The van der Waals surface area contributed by atoms with Gasteiger partial charge in [0.05, 0.1) is 6.04 Å². The molecule has 1 aliphatic carbocycles. The number of nitrogens with zero attached hydrogens (tertiary/aromatic N) is 2. The van der Waals surface area contributed by atoms with E-state index < -0.39 is 0 Å². The molecule has 2 aliphatic rings. The Bertz CT molecular complexity index is 878. The molecular weight excluding hydrogens is 400 g/mol. The third-order valence-electron chi connectivity index (χ3n) is 6.64. The lowest BCUT2D eigenvalue weighted by Crippen LogP contribution is -2.39. The summed E-state index contributed by atoms with van der Waals surface area (Å²) in [6.45, 7) is 5.78. The molecule has 2 heterocycles. The Morgan fingerprint density at radius 3 is 2.67 bits per heavy atom. The molecule has 0 bridgehead atoms. The molecule has 1 saturated heterocycles. The van der Waals surface area contributed by atoms with Gasteiger partial charge >= 0.3 is 0 Å². The molecule has 3 unspecified atom stereocenters. The van der Waals surface area contributed by atoms with Gasteiger partial charge < -0.3 is 20.1 Å². The number of anilines is 1. The van der Waals surface area contributed by atoms with Crippen LogP contribution in [-0.4, -0.2) is 46.5 Å². The van der Waals surface area contributed by atoms with Crippen LogP contribution >= 0.6 is 12.4 Å². The maximum absolute atomic E-state index is 12.8. The first-order valence-corrected chi connectivity index (χ1v) is 11.0. The van der Waals surface area contributed by atoms with Crippen molar-refractivity contribution in [1.82, 2.24) is 14.8 Å². The molecule has 2 N–H and O–H groups in total. The normalized spacial score (nSPS) is 22.9. The van der Waals surface area contributed by atoms with Crippen molar-refractivity contribution in [3.63, 3.8) is 0 Å². The first-order chi connectivity index (χ1) is 14.1. The van der Waals surface area contributed by atoms with E-state index in [0.29, 0.717) is 18.5 Å². The van der Waals surface area contributed by atoms with Crippen molar-refractivity contribution in [2.24, 2.45) is 5.92 Å². The van der Waals surface area contributed by atoms with Gasteiger partial charge in [0, 0.05) is 41.9 Å². The number of fused-ring (bicyclic) bond motifs is 2. The molecule has 164 valence electrons. The highest BCUT2D eigenvalue weighted by molar-refractivity contribution is 5.97. The number of benzene rings is 1. The van der Waals surface area contributed by atoms with Gasteiger partial charge in [-0.15, -0.1) is 12.4 Å². The van der Waals surface area contributed by atoms with Crippen molar-refractivity contribution in [3.05, 3.63) is 30.5 Å². The van der Waals surface area contributed by atoms with Crippen molar-refractivity contribution < 1.29 is 9.59 Å². The zero-order chi connectivity index (χ0) is 20.4. The second-order valence-corrected chi connectivity index (χ2v) is 8.38. The van der Waals surface area contributed by atoms with E-state index in [2.05, 4.69) is 10.6 Å². The van der Waals surface area contributed by atoms with E-state index in [0.717, 1.165) is 36.1 Å². The van der Waals surface area contributed by atoms with Gasteiger partial charge in [0.15, 0.2) is 0 Å². The van der Waals surface area contributed by atoms with Crippen molar-refractivity contribution in [2.75, 3.05) is 18.4 Å². The molecular formula is C23H33ClN4O2. The number of hydrogen-bond acceptors (Lipinski definition) is 3. The fourth-order valence-corrected chi connectivity index (χ4v) is 4.99. The van der Waals surface area contributed by atoms with Crippen LogP contribution in [0.4, 0.5) is 5.69 Å². The molecule has 1 saturated carbocycles. The van der Waals surface area contributed by atoms with E-state index in [1.54, 1.807) is 0 Å². The Morgan fingerprint density at radius 1 is 1.17 bits per heavy atom. The lowest BCUT2D eigenvalue weighted by molar-refractivity contribution is -0.131. The lowest BCUT2D eigenvalue weighted by atomic mass is 9.85. The Balaban J connectivity index is 0.00000256. The minimum Gasteiger partial charge on any atom is -0.342 e. The summed E-state index contributed by atoms with van der Waals surface area (Å²) in [5.41, 5.74) is 1.82. The van der Waals surface area contributed by atoms with Crippen LogP contribution in [-0.2, 0) is 16.1 Å². The van der Waals surface area contributed by atoms with Crippen molar-refractivity contribution in [1.29, 1.82) is 0 Å². The zero-order valence-corrected chi connectivity index (χ0v) is 18.7. The van der Waals surface area contributed by atoms with Crippen molar-refractivity contribution >= 4 is 40.8 Å². The second kappa shape index (κ2) is 9.84. The van der Waals surface area contributed by atoms with E-state index >= 15 is 0 Å². The smallest absolute Gasteiger partial charge is 0.242 e. The monoisotopic (exact) mass is 432 g/mol. The standard InChI is InChI=1S/C23H32N4O2.ClH/c1-3-26(4-2)22(28)15-27-12-11-17-13-18(9-10-21(17)27)24-23(29)20-14-16-7-5-6-8-19(16)25-20;/h9-13,16,19-20,25H,3-8,14-15H2,1-2H3,(H,24,29);1H. The summed E-state index contributed by atoms with van der Waals surface area (Å²) in [5.74, 6) is 0.841. The average Bonchev–Trinajstić information content (AvgIpc) is 3.33. The fraction of sp³-hybridized carbons (Fsp3) is 0.565. The molecule has 0 radical (unpaired) electrons. The molecule has 3 atom stereocenters. The Hall–Kier alpha value is -2.05. The van der Waals surface area contributed by atoms with Gasteiger partial charge in [0.1, 0.15) is 6.54 Å². The number of likely N-dealkylation sites (N-methyl/N-ethyl adjacent to an activating group) is 1. The molecule has 2 amide bonds. The van der Waals surface area contributed by atoms with Crippen molar-refractivity contribution in [2.45, 2.75) is 64.6 Å². The number of nitrogens with one attached hydrogen (secondary N) is 2. The molecule has 30 heavy (non-hydrogen) atoms. The summed E-state index contributed by atoms with van der Waals surface area (Å²) < 4.78 is 1.98. The van der Waals surface area contributed by atoms with Gasteiger partial charge in [-0.25, -0.2) is 0 Å². The van der Waals surface area contributed by atoms with Crippen LogP contribution in [0.2, 0.25) is 0 Å². The average molecular weight is 433 g/mol. The van der Waals surface area contributed by atoms with Crippen LogP contribution in [0.25, 0.3) is 10.9 Å². The lowest BCUT2D eigenvalue weighted by Gasteiger charge is -2.24. The highest BCUT2D eigenvalue weighted by Crippen LogP contribution is 2.33. The van der Waals surface area contributed by atoms with E-state index in [1.165, 1.54) is 25.7 Å². The quantitative estimate of drug-likeness (QED) is 0.729. The van der Waals surface area contributed by atoms with E-state index in [1.807, 2.05) is 53.8 Å². The number of carbonyl (C=O) groups excluding carboxylic acids is 2. The predicted octanol–water partition coefficient (Wildman–Crippen LogP) is 3.79. The summed E-state index contributed by atoms with van der Waals surface area (Å²) in [4.78, 5) is 27.0. The third kappa shape index (κ3) is 4.65. The summed E-state index contributed by atoms with van der Waals surface area (Å²) in [6, 6.07) is 8.34. The van der Waals surface area contributed by atoms with Gasteiger partial charge in [-0.05, 0) is 63.3 Å². The van der Waals surface area contributed by atoms with Gasteiger partial charge in [0.2, 0.25) is 11.8 Å². The molecule has 2 aromatic rings. The molecule has 2 fully saturated rings. The van der Waals surface area contributed by atoms with Crippen LogP contribution in [0.1, 0.15) is 46.0 Å². The van der Waals surface area contributed by atoms with Crippen molar-refractivity contribution in [3.8, 4) is 0 Å². The summed E-state index contributed by atoms with van der Waals surface area (Å²) in [7, 11) is 0. The van der Waals surface area contributed by atoms with Crippen LogP contribution < -0.4 is 10.6 Å². The van der Waals surface area contributed by atoms with Gasteiger partial charge in [-0.3, -0.25) is 9.59 Å². The summed E-state index contributed by atoms with van der Waals surface area (Å²) >= 11 is 0. The number of aromatic nitrogens is 1. The molecule has 6 nitrogen and oxygen atoms in total. The topological polar surface area (TPSA) is 66.4 Å². The predicted molar refractivity (Wildman–Crippen MR) is 123 cm³/mol. The maximum Gasteiger partial charge on any atom is 0.242 e. The Morgan fingerprint density at radius 2 is 1.93 bits per heavy atom. The largest absolute Gasteiger partial charge is 0.342 e. The number of carbonyl (C=O) groups is 2. The molecule has 0 spiro atoms. The van der Waals surface area contributed by atoms with Gasteiger partial charge in [-0.2, -0.15) is 0 Å². The first kappa shape index (κ1) is 22.6. The Kier molecular flexibility index (Phi) is 7.42. The molecule has 1 aliphatic heterocycles. The maximum atomic E-state index is 12.8. The Labute approximate surface area is 184 Å². The number of hydrogen-bond donors (Lipinski definition) is 2. The SMILES string of the molecule is CCN(CC)C(=O)Cn1ccc2cc(NC(=O)C3CC4CCCCC4N3)ccc21.Cl. The number of amides is 2. The van der Waals surface area contributed by atoms with E-state index in [-0.39, 0.29) is 30.3 Å². The second-order valence-electron chi connectivity index (χ2n) is 8.38. The van der Waals surface area contributed by atoms with E-state index in [4.69, 9.17) is 0 Å². The fourth-order valence-electron chi connectivity index (χ4n) is 4.99. The van der Waals surface area contributed by atoms with E-state index in [9.17, 15) is 9.59 Å². The molecule has 7 heteroatoms. The first-order valence-electron chi connectivity index (χ1n) is 11.0. The zero-order valence-electron chi connectivity index (χ0n) is 17.9. The minimum absolute atomic E-state index is 0. The van der Waals surface area contributed by atoms with Crippen LogP contribution in [0.3, 0.4) is 0 Å². The minimum atomic E-state index is -0.0879. The van der Waals surface area contributed by atoms with Crippen LogP contribution in [0.5, 0.6) is 0 Å². The van der Waals surface area contributed by atoms with Gasteiger partial charge in [0.25, 0.3) is 0 Å². The highest BCUT2D eigenvalue weighted by Gasteiger charge is 2.38. The van der Waals surface area contributed by atoms with Gasteiger partial charge in [-0.1, -0.05) is 12.8 Å². The van der Waals surface area contributed by atoms with Crippen LogP contribution in [0.15, 0.2) is 30.5 Å². The highest BCUT2D eigenvalue weighted by atomic mass is 35.5. The summed E-state index contributed by atoms with van der Waals surface area (Å²) in [5, 5.41) is 7.66. The number of rotatable bonds is 6. The third-order valence-corrected chi connectivity index (χ3v) is 6.64. The molecule has 4 rings (SSSR count). The molecule has 1 aromatic heterocycles.